The Labute approximate surface area is 72.8 Å². The van der Waals surface area contributed by atoms with Gasteiger partial charge in [-0.3, -0.25) is 0 Å². The first-order valence-corrected chi connectivity index (χ1v) is 4.15. The summed E-state index contributed by atoms with van der Waals surface area (Å²) in [5, 5.41) is 9.26. The minimum absolute atomic E-state index is 0.426. The molecule has 1 aromatic rings. The van der Waals surface area contributed by atoms with Gasteiger partial charge in [-0.2, -0.15) is 0 Å². The second-order valence-electron chi connectivity index (χ2n) is 2.68. The number of benzene rings is 1. The first-order valence-electron chi connectivity index (χ1n) is 4.15. The molecule has 0 aliphatic heterocycles. The van der Waals surface area contributed by atoms with Crippen LogP contribution in [0.25, 0.3) is 0 Å². The summed E-state index contributed by atoms with van der Waals surface area (Å²) in [7, 11) is 0. The first kappa shape index (κ1) is 9.07. The molecule has 0 heterocycles. The Kier molecular flexibility index (Phi) is 3.11. The number of aliphatic hydroxyl groups excluding tert-OH is 1. The second kappa shape index (κ2) is 4.12. The van der Waals surface area contributed by atoms with E-state index in [0.29, 0.717) is 6.61 Å². The highest BCUT2D eigenvalue weighted by molar-refractivity contribution is 5.29. The van der Waals surface area contributed by atoms with Gasteiger partial charge in [-0.1, -0.05) is 12.1 Å². The molecule has 66 valence electrons. The molecule has 0 bridgehead atoms. The molecule has 2 heteroatoms. The Morgan fingerprint density at radius 3 is 2.83 bits per heavy atom. The lowest BCUT2D eigenvalue weighted by Gasteiger charge is -2.07. The lowest BCUT2D eigenvalue weighted by Crippen LogP contribution is -1.94. The maximum atomic E-state index is 9.26. The van der Waals surface area contributed by atoms with Gasteiger partial charge in [-0.25, -0.2) is 0 Å². The van der Waals surface area contributed by atoms with Crippen molar-refractivity contribution in [2.45, 2.75) is 20.0 Å². The van der Waals surface area contributed by atoms with Crippen LogP contribution in [0.2, 0.25) is 0 Å². The van der Waals surface area contributed by atoms with Crippen LogP contribution >= 0.6 is 0 Å². The summed E-state index contributed by atoms with van der Waals surface area (Å²) in [5.41, 5.74) is 0.890. The third-order valence-corrected chi connectivity index (χ3v) is 1.65. The van der Waals surface area contributed by atoms with E-state index >= 15 is 0 Å². The largest absolute Gasteiger partial charge is 0.494 e. The Morgan fingerprint density at radius 2 is 2.25 bits per heavy atom. The van der Waals surface area contributed by atoms with E-state index < -0.39 is 6.10 Å². The normalized spacial score (nSPS) is 12.6. The molecule has 0 fully saturated rings. The van der Waals surface area contributed by atoms with Gasteiger partial charge in [0.05, 0.1) is 12.7 Å². The molecule has 2 nitrogen and oxygen atoms in total. The number of ether oxygens (including phenoxy) is 1. The Morgan fingerprint density at radius 1 is 1.50 bits per heavy atom. The average molecular weight is 166 g/mol. The van der Waals surface area contributed by atoms with Crippen LogP contribution in [0.1, 0.15) is 25.5 Å². The molecule has 0 radical (unpaired) electrons. The quantitative estimate of drug-likeness (QED) is 0.745. The van der Waals surface area contributed by atoms with E-state index in [0.717, 1.165) is 11.3 Å². The van der Waals surface area contributed by atoms with Crippen LogP contribution in [0.15, 0.2) is 24.3 Å². The molecule has 12 heavy (non-hydrogen) atoms. The first-order chi connectivity index (χ1) is 5.74. The maximum Gasteiger partial charge on any atom is 0.119 e. The van der Waals surface area contributed by atoms with Crippen LogP contribution in [0, 0.1) is 0 Å². The molecule has 0 aromatic heterocycles. The SMILES string of the molecule is CCOc1cccc([C@H](C)O)c1. The van der Waals surface area contributed by atoms with Crippen molar-refractivity contribution in [1.29, 1.82) is 0 Å². The van der Waals surface area contributed by atoms with Gasteiger partial charge in [0.2, 0.25) is 0 Å². The lowest BCUT2D eigenvalue weighted by atomic mass is 10.1. The van der Waals surface area contributed by atoms with Gasteiger partial charge in [0.25, 0.3) is 0 Å². The second-order valence-corrected chi connectivity index (χ2v) is 2.68. The average Bonchev–Trinajstić information content (AvgIpc) is 2.05. The Hall–Kier alpha value is -1.02. The van der Waals surface area contributed by atoms with Crippen LogP contribution in [-0.2, 0) is 0 Å². The van der Waals surface area contributed by atoms with Crippen molar-refractivity contribution in [3.63, 3.8) is 0 Å². The molecule has 1 N–H and O–H groups in total. The van der Waals surface area contributed by atoms with Crippen LogP contribution in [0.3, 0.4) is 0 Å². The minimum Gasteiger partial charge on any atom is -0.494 e. The molecule has 0 saturated carbocycles. The van der Waals surface area contributed by atoms with Crippen molar-refractivity contribution >= 4 is 0 Å². The highest BCUT2D eigenvalue weighted by Crippen LogP contribution is 2.18. The van der Waals surface area contributed by atoms with Crippen LogP contribution in [-0.4, -0.2) is 11.7 Å². The molecule has 1 rings (SSSR count). The smallest absolute Gasteiger partial charge is 0.119 e. The molecule has 0 aliphatic carbocycles. The molecule has 1 atom stereocenters. The monoisotopic (exact) mass is 166 g/mol. The van der Waals surface area contributed by atoms with E-state index in [2.05, 4.69) is 0 Å². The van der Waals surface area contributed by atoms with Gasteiger partial charge in [0.1, 0.15) is 5.75 Å². The number of aliphatic hydroxyl groups is 1. The zero-order valence-electron chi connectivity index (χ0n) is 7.45. The summed E-state index contributed by atoms with van der Waals surface area (Å²) in [6.45, 7) is 4.34. The highest BCUT2D eigenvalue weighted by Gasteiger charge is 2.00. The highest BCUT2D eigenvalue weighted by atomic mass is 16.5. The third-order valence-electron chi connectivity index (χ3n) is 1.65. The fraction of sp³-hybridized carbons (Fsp3) is 0.400. The number of hydrogen-bond acceptors (Lipinski definition) is 2. The summed E-state index contributed by atoms with van der Waals surface area (Å²) in [5.74, 6) is 0.816. The summed E-state index contributed by atoms with van der Waals surface area (Å²) in [6, 6.07) is 7.50. The van der Waals surface area contributed by atoms with Crippen molar-refractivity contribution < 1.29 is 9.84 Å². The van der Waals surface area contributed by atoms with Gasteiger partial charge in [-0.05, 0) is 31.5 Å². The molecule has 0 saturated heterocycles. The van der Waals surface area contributed by atoms with Gasteiger partial charge in [-0.15, -0.1) is 0 Å². The van der Waals surface area contributed by atoms with Crippen molar-refractivity contribution in [2.75, 3.05) is 6.61 Å². The van der Waals surface area contributed by atoms with Crippen LogP contribution in [0.4, 0.5) is 0 Å². The fourth-order valence-corrected chi connectivity index (χ4v) is 1.03. The zero-order chi connectivity index (χ0) is 8.97. The molecule has 0 amide bonds. The lowest BCUT2D eigenvalue weighted by molar-refractivity contribution is 0.198. The van der Waals surface area contributed by atoms with E-state index in [1.807, 2.05) is 31.2 Å². The van der Waals surface area contributed by atoms with Gasteiger partial charge in [0, 0.05) is 0 Å². The predicted octanol–water partition coefficient (Wildman–Crippen LogP) is 2.14. The summed E-state index contributed by atoms with van der Waals surface area (Å²) < 4.78 is 5.29. The van der Waals surface area contributed by atoms with Gasteiger partial charge in [0.15, 0.2) is 0 Å². The fourth-order valence-electron chi connectivity index (χ4n) is 1.03. The van der Waals surface area contributed by atoms with Gasteiger partial charge >= 0.3 is 0 Å². The molecule has 0 spiro atoms. The standard InChI is InChI=1S/C10H14O2/c1-3-12-10-6-4-5-9(7-10)8(2)11/h4-8,11H,3H2,1-2H3/t8-/m0/s1. The number of rotatable bonds is 3. The van der Waals surface area contributed by atoms with Gasteiger partial charge < -0.3 is 9.84 Å². The summed E-state index contributed by atoms with van der Waals surface area (Å²) in [4.78, 5) is 0. The summed E-state index contributed by atoms with van der Waals surface area (Å²) in [6.07, 6.45) is -0.426. The van der Waals surface area contributed by atoms with Crippen LogP contribution < -0.4 is 4.74 Å². The van der Waals surface area contributed by atoms with Crippen molar-refractivity contribution in [3.8, 4) is 5.75 Å². The van der Waals surface area contributed by atoms with E-state index in [1.54, 1.807) is 6.92 Å². The van der Waals surface area contributed by atoms with Crippen molar-refractivity contribution in [3.05, 3.63) is 29.8 Å². The van der Waals surface area contributed by atoms with E-state index in [1.165, 1.54) is 0 Å². The van der Waals surface area contributed by atoms with Crippen molar-refractivity contribution in [1.82, 2.24) is 0 Å². The Bertz CT molecular complexity index is 243. The van der Waals surface area contributed by atoms with E-state index in [-0.39, 0.29) is 0 Å². The third kappa shape index (κ3) is 2.24. The predicted molar refractivity (Wildman–Crippen MR) is 48.2 cm³/mol. The molecular formula is C10H14O2. The van der Waals surface area contributed by atoms with Crippen LogP contribution in [0.5, 0.6) is 5.75 Å². The molecule has 0 unspecified atom stereocenters. The topological polar surface area (TPSA) is 29.5 Å². The van der Waals surface area contributed by atoms with E-state index in [4.69, 9.17) is 4.74 Å². The Balaban J connectivity index is 2.81. The van der Waals surface area contributed by atoms with Crippen molar-refractivity contribution in [2.24, 2.45) is 0 Å². The molecular weight excluding hydrogens is 152 g/mol. The summed E-state index contributed by atoms with van der Waals surface area (Å²) >= 11 is 0. The molecule has 1 aromatic carbocycles. The molecule has 0 aliphatic rings. The zero-order valence-corrected chi connectivity index (χ0v) is 7.45. The minimum atomic E-state index is -0.426. The maximum absolute atomic E-state index is 9.26. The van der Waals surface area contributed by atoms with E-state index in [9.17, 15) is 5.11 Å². The number of hydrogen-bond donors (Lipinski definition) is 1.